The molecule has 1 aliphatic heterocycles. The number of likely N-dealkylation sites (N-methyl/N-ethyl adjacent to an activating group) is 1. The quantitative estimate of drug-likeness (QED) is 0.714. The Morgan fingerprint density at radius 2 is 1.52 bits per heavy atom. The second kappa shape index (κ2) is 6.14. The minimum absolute atomic E-state index is 0.0262. The van der Waals surface area contributed by atoms with Crippen LogP contribution in [0.3, 0.4) is 0 Å². The minimum Gasteiger partial charge on any atom is -0.342 e. The molecule has 140 valence electrons. The number of carbonyl (C=O) groups is 1. The summed E-state index contributed by atoms with van der Waals surface area (Å²) in [5.74, 6) is -1.17. The van der Waals surface area contributed by atoms with Gasteiger partial charge >= 0.3 is 12.4 Å². The lowest BCUT2D eigenvalue weighted by Gasteiger charge is -2.29. The van der Waals surface area contributed by atoms with Gasteiger partial charge in [0.15, 0.2) is 0 Å². The molecule has 1 aromatic rings. The largest absolute Gasteiger partial charge is 0.416 e. The molecule has 0 N–H and O–H groups in total. The van der Waals surface area contributed by atoms with Crippen molar-refractivity contribution in [3.63, 3.8) is 0 Å². The second-order valence-corrected chi connectivity index (χ2v) is 5.70. The Bertz CT molecular complexity index is 634. The number of carbonyl (C=O) groups excluding carboxylic acids is 1. The molecule has 1 unspecified atom stereocenters. The molecule has 0 aliphatic carbocycles. The van der Waals surface area contributed by atoms with Crippen molar-refractivity contribution in [3.8, 4) is 0 Å². The first kappa shape index (κ1) is 19.5. The molecular weight excluding hydrogens is 362 g/mol. The Labute approximate surface area is 137 Å². The van der Waals surface area contributed by atoms with E-state index in [1.54, 1.807) is 0 Å². The van der Waals surface area contributed by atoms with Crippen LogP contribution in [-0.2, 0) is 22.6 Å². The van der Waals surface area contributed by atoms with Gasteiger partial charge in [0, 0.05) is 13.1 Å². The summed E-state index contributed by atoms with van der Waals surface area (Å²) in [6.07, 6.45) is -14.4. The summed E-state index contributed by atoms with van der Waals surface area (Å²) >= 11 is 0. The fourth-order valence-electron chi connectivity index (χ4n) is 2.91. The molecule has 2 nitrogen and oxygen atoms in total. The highest BCUT2D eigenvalue weighted by molar-refractivity contribution is 5.91. The van der Waals surface area contributed by atoms with Gasteiger partial charge < -0.3 is 4.90 Å². The molecule has 10 heteroatoms. The second-order valence-electron chi connectivity index (χ2n) is 5.70. The van der Waals surface area contributed by atoms with Crippen LogP contribution in [0.2, 0.25) is 0 Å². The van der Waals surface area contributed by atoms with Gasteiger partial charge in [0.25, 0.3) is 6.43 Å². The highest BCUT2D eigenvalue weighted by Crippen LogP contribution is 2.45. The van der Waals surface area contributed by atoms with Crippen LogP contribution in [0.15, 0.2) is 18.2 Å². The van der Waals surface area contributed by atoms with E-state index in [1.807, 2.05) is 0 Å². The maximum absolute atomic E-state index is 13.7. The highest BCUT2D eigenvalue weighted by atomic mass is 19.4. The number of rotatable bonds is 3. The summed E-state index contributed by atoms with van der Waals surface area (Å²) in [7, 11) is 0. The lowest BCUT2D eigenvalue weighted by atomic mass is 9.78. The number of alkyl halides is 8. The predicted octanol–water partition coefficient (Wildman–Crippen LogP) is 4.48. The Hall–Kier alpha value is -1.87. The van der Waals surface area contributed by atoms with Gasteiger partial charge in [0.1, 0.15) is 5.41 Å². The normalized spacial score (nSPS) is 22.2. The summed E-state index contributed by atoms with van der Waals surface area (Å²) in [5, 5.41) is 0. The van der Waals surface area contributed by atoms with Crippen LogP contribution in [-0.4, -0.2) is 30.3 Å². The van der Waals surface area contributed by atoms with E-state index in [2.05, 4.69) is 0 Å². The average molecular weight is 375 g/mol. The molecule has 1 fully saturated rings. The van der Waals surface area contributed by atoms with E-state index in [9.17, 15) is 39.9 Å². The van der Waals surface area contributed by atoms with Gasteiger partial charge in [-0.15, -0.1) is 0 Å². The lowest BCUT2D eigenvalue weighted by Crippen LogP contribution is -2.43. The maximum atomic E-state index is 13.7. The van der Waals surface area contributed by atoms with Crippen molar-refractivity contribution in [1.29, 1.82) is 0 Å². The third-order valence-corrected chi connectivity index (χ3v) is 4.30. The first-order chi connectivity index (χ1) is 11.3. The molecule has 1 amide bonds. The van der Waals surface area contributed by atoms with E-state index in [0.717, 1.165) is 4.90 Å². The van der Waals surface area contributed by atoms with Crippen LogP contribution >= 0.6 is 0 Å². The summed E-state index contributed by atoms with van der Waals surface area (Å²) in [6.45, 7) is 1.34. The van der Waals surface area contributed by atoms with Gasteiger partial charge in [-0.25, -0.2) is 8.78 Å². The van der Waals surface area contributed by atoms with Crippen molar-refractivity contribution in [2.24, 2.45) is 0 Å². The van der Waals surface area contributed by atoms with Crippen molar-refractivity contribution in [2.75, 3.05) is 13.1 Å². The molecule has 1 saturated heterocycles. The number of nitrogens with zero attached hydrogens (tertiary/aromatic N) is 1. The molecule has 1 aromatic carbocycles. The van der Waals surface area contributed by atoms with Crippen LogP contribution in [0.4, 0.5) is 35.1 Å². The number of halogens is 8. The van der Waals surface area contributed by atoms with Crippen molar-refractivity contribution in [3.05, 3.63) is 34.9 Å². The van der Waals surface area contributed by atoms with E-state index in [0.29, 0.717) is 0 Å². The molecule has 2 rings (SSSR count). The van der Waals surface area contributed by atoms with E-state index in [1.165, 1.54) is 6.92 Å². The third-order valence-electron chi connectivity index (χ3n) is 4.30. The molecule has 1 aliphatic rings. The van der Waals surface area contributed by atoms with E-state index in [4.69, 9.17) is 0 Å². The zero-order valence-corrected chi connectivity index (χ0v) is 12.8. The number of hydrogen-bond acceptors (Lipinski definition) is 1. The number of benzene rings is 1. The minimum atomic E-state index is -5.18. The number of amides is 1. The van der Waals surface area contributed by atoms with Crippen molar-refractivity contribution < 1.29 is 39.9 Å². The van der Waals surface area contributed by atoms with Gasteiger partial charge in [-0.05, 0) is 37.1 Å². The van der Waals surface area contributed by atoms with Crippen LogP contribution in [0, 0.1) is 0 Å². The molecule has 0 saturated carbocycles. The first-order valence-corrected chi connectivity index (χ1v) is 7.21. The molecule has 0 aromatic heterocycles. The monoisotopic (exact) mass is 375 g/mol. The van der Waals surface area contributed by atoms with Crippen LogP contribution in [0.25, 0.3) is 0 Å². The first-order valence-electron chi connectivity index (χ1n) is 7.21. The van der Waals surface area contributed by atoms with Crippen LogP contribution in [0.5, 0.6) is 0 Å². The Morgan fingerprint density at radius 3 is 1.84 bits per heavy atom. The fraction of sp³-hybridized carbons (Fsp3) is 0.533. The Kier molecular flexibility index (Phi) is 4.77. The molecule has 25 heavy (non-hydrogen) atoms. The lowest BCUT2D eigenvalue weighted by molar-refractivity contribution is -0.144. The fourth-order valence-corrected chi connectivity index (χ4v) is 2.91. The topological polar surface area (TPSA) is 20.3 Å². The van der Waals surface area contributed by atoms with Crippen molar-refractivity contribution in [2.45, 2.75) is 37.5 Å². The SMILES string of the molecule is CCN1CCC(c2cc(C(F)(F)F)cc(C(F)(F)F)c2)(C(F)F)C1=O. The standard InChI is InChI=1S/C15H13F8NO/c1-2-24-4-3-13(11(16)17,12(24)25)8-5-9(14(18,19)20)7-10(6-8)15(21,22)23/h5-7,11H,2-4H2,1H3. The zero-order chi connectivity index (χ0) is 19.2. The van der Waals surface area contributed by atoms with E-state index < -0.39 is 53.2 Å². The molecular formula is C15H13F8NO. The summed E-state index contributed by atoms with van der Waals surface area (Å²) in [4.78, 5) is 13.3. The smallest absolute Gasteiger partial charge is 0.342 e. The molecule has 0 radical (unpaired) electrons. The Morgan fingerprint density at radius 1 is 1.04 bits per heavy atom. The van der Waals surface area contributed by atoms with Crippen molar-refractivity contribution in [1.82, 2.24) is 4.90 Å². The van der Waals surface area contributed by atoms with Gasteiger partial charge in [0.2, 0.25) is 5.91 Å². The van der Waals surface area contributed by atoms with Crippen molar-refractivity contribution >= 4 is 5.91 Å². The average Bonchev–Trinajstić information content (AvgIpc) is 2.82. The van der Waals surface area contributed by atoms with Gasteiger partial charge in [-0.2, -0.15) is 26.3 Å². The molecule has 1 heterocycles. The summed E-state index contributed by atoms with van der Waals surface area (Å²) in [6, 6.07) is 0.261. The van der Waals surface area contributed by atoms with Gasteiger partial charge in [-0.3, -0.25) is 4.79 Å². The highest BCUT2D eigenvalue weighted by Gasteiger charge is 2.55. The third kappa shape index (κ3) is 3.30. The number of hydrogen-bond donors (Lipinski definition) is 0. The van der Waals surface area contributed by atoms with E-state index in [-0.39, 0.29) is 31.3 Å². The summed E-state index contributed by atoms with van der Waals surface area (Å²) in [5.41, 5.74) is -7.12. The Balaban J connectivity index is 2.73. The van der Waals surface area contributed by atoms with Crippen LogP contribution < -0.4 is 0 Å². The van der Waals surface area contributed by atoms with Crippen LogP contribution in [0.1, 0.15) is 30.0 Å². The predicted molar refractivity (Wildman–Crippen MR) is 71.0 cm³/mol. The number of likely N-dealkylation sites (tertiary alicyclic amines) is 1. The van der Waals surface area contributed by atoms with Gasteiger partial charge in [-0.1, -0.05) is 0 Å². The maximum Gasteiger partial charge on any atom is 0.416 e. The summed E-state index contributed by atoms with van der Waals surface area (Å²) < 4.78 is 105. The molecule has 0 spiro atoms. The van der Waals surface area contributed by atoms with Gasteiger partial charge in [0.05, 0.1) is 11.1 Å². The molecule has 0 bridgehead atoms. The molecule has 1 atom stereocenters. The van der Waals surface area contributed by atoms with E-state index >= 15 is 0 Å². The zero-order valence-electron chi connectivity index (χ0n) is 12.8.